The molecule has 0 radical (unpaired) electrons. The second-order valence-electron chi connectivity index (χ2n) is 5.96. The first-order valence-electron chi connectivity index (χ1n) is 8.34. The SMILES string of the molecule is CC(=O)Nc1cccc(C(=O)Nc2ccc(Nc3cc(C)ncn3)cc2)c1. The largest absolute Gasteiger partial charge is 0.340 e. The Kier molecular flexibility index (Phi) is 5.41. The molecule has 1 aromatic heterocycles. The highest BCUT2D eigenvalue weighted by Crippen LogP contribution is 2.19. The fraction of sp³-hybridized carbons (Fsp3) is 0.100. The third kappa shape index (κ3) is 5.12. The Labute approximate surface area is 156 Å². The van der Waals surface area contributed by atoms with Crippen LogP contribution in [0.15, 0.2) is 60.9 Å². The van der Waals surface area contributed by atoms with Crippen molar-refractivity contribution in [3.8, 4) is 0 Å². The van der Waals surface area contributed by atoms with Gasteiger partial charge in [0.15, 0.2) is 0 Å². The molecule has 0 aliphatic heterocycles. The van der Waals surface area contributed by atoms with Crippen LogP contribution >= 0.6 is 0 Å². The van der Waals surface area contributed by atoms with Crippen molar-refractivity contribution in [3.63, 3.8) is 0 Å². The Morgan fingerprint density at radius 1 is 0.852 bits per heavy atom. The van der Waals surface area contributed by atoms with Crippen LogP contribution in [0.2, 0.25) is 0 Å². The molecule has 3 N–H and O–H groups in total. The number of rotatable bonds is 5. The van der Waals surface area contributed by atoms with Crippen molar-refractivity contribution in [1.29, 1.82) is 0 Å². The van der Waals surface area contributed by atoms with Gasteiger partial charge in [0.05, 0.1) is 0 Å². The summed E-state index contributed by atoms with van der Waals surface area (Å²) in [5.41, 5.74) is 3.42. The fourth-order valence-corrected chi connectivity index (χ4v) is 2.45. The first-order valence-corrected chi connectivity index (χ1v) is 8.34. The van der Waals surface area contributed by atoms with Gasteiger partial charge in [0.25, 0.3) is 5.91 Å². The van der Waals surface area contributed by atoms with Gasteiger partial charge >= 0.3 is 0 Å². The molecule has 0 fully saturated rings. The molecule has 0 atom stereocenters. The van der Waals surface area contributed by atoms with Gasteiger partial charge in [-0.3, -0.25) is 9.59 Å². The lowest BCUT2D eigenvalue weighted by Gasteiger charge is -2.09. The van der Waals surface area contributed by atoms with E-state index in [9.17, 15) is 9.59 Å². The quantitative estimate of drug-likeness (QED) is 0.643. The van der Waals surface area contributed by atoms with Crippen molar-refractivity contribution in [1.82, 2.24) is 9.97 Å². The topological polar surface area (TPSA) is 96.0 Å². The smallest absolute Gasteiger partial charge is 0.255 e. The number of anilines is 4. The molecule has 27 heavy (non-hydrogen) atoms. The molecule has 2 aromatic carbocycles. The van der Waals surface area contributed by atoms with Crippen molar-refractivity contribution < 1.29 is 9.59 Å². The van der Waals surface area contributed by atoms with Gasteiger partial charge in [-0.05, 0) is 49.4 Å². The molecule has 0 aliphatic carbocycles. The second-order valence-corrected chi connectivity index (χ2v) is 5.96. The van der Waals surface area contributed by atoms with E-state index in [4.69, 9.17) is 0 Å². The molecule has 7 heteroatoms. The molecule has 0 spiro atoms. The van der Waals surface area contributed by atoms with Gasteiger partial charge in [-0.15, -0.1) is 0 Å². The van der Waals surface area contributed by atoms with Crippen LogP contribution in [-0.4, -0.2) is 21.8 Å². The molecule has 0 saturated carbocycles. The second kappa shape index (κ2) is 8.09. The number of aryl methyl sites for hydroxylation is 1. The summed E-state index contributed by atoms with van der Waals surface area (Å²) in [7, 11) is 0. The molecule has 0 saturated heterocycles. The van der Waals surface area contributed by atoms with Crippen molar-refractivity contribution >= 4 is 34.7 Å². The lowest BCUT2D eigenvalue weighted by molar-refractivity contribution is -0.114. The van der Waals surface area contributed by atoms with Crippen molar-refractivity contribution in [2.75, 3.05) is 16.0 Å². The van der Waals surface area contributed by atoms with Gasteiger partial charge in [0, 0.05) is 41.3 Å². The molecular formula is C20H19N5O2. The summed E-state index contributed by atoms with van der Waals surface area (Å²) >= 11 is 0. The van der Waals surface area contributed by atoms with Crippen LogP contribution in [0.25, 0.3) is 0 Å². The van der Waals surface area contributed by atoms with E-state index >= 15 is 0 Å². The van der Waals surface area contributed by atoms with Crippen LogP contribution in [0.1, 0.15) is 23.0 Å². The minimum atomic E-state index is -0.255. The third-order valence-electron chi connectivity index (χ3n) is 3.66. The number of hydrogen-bond acceptors (Lipinski definition) is 5. The third-order valence-corrected chi connectivity index (χ3v) is 3.66. The zero-order chi connectivity index (χ0) is 19.2. The standard InChI is InChI=1S/C20H19N5O2/c1-13-10-19(22-12-21-13)24-16-6-8-17(9-7-16)25-20(27)15-4-3-5-18(11-15)23-14(2)26/h3-12H,1-2H3,(H,23,26)(H,25,27)(H,21,22,24). The van der Waals surface area contributed by atoms with Crippen LogP contribution in [0, 0.1) is 6.92 Å². The Balaban J connectivity index is 1.65. The monoisotopic (exact) mass is 361 g/mol. The molecule has 0 unspecified atom stereocenters. The summed E-state index contributed by atoms with van der Waals surface area (Å²) in [6, 6.07) is 15.9. The number of nitrogens with one attached hydrogen (secondary N) is 3. The Hall–Kier alpha value is -3.74. The summed E-state index contributed by atoms with van der Waals surface area (Å²) < 4.78 is 0. The molecular weight excluding hydrogens is 342 g/mol. The number of nitrogens with zero attached hydrogens (tertiary/aromatic N) is 2. The zero-order valence-corrected chi connectivity index (χ0v) is 15.0. The average molecular weight is 361 g/mol. The Morgan fingerprint density at radius 3 is 2.30 bits per heavy atom. The number of carbonyl (C=O) groups excluding carboxylic acids is 2. The Morgan fingerprint density at radius 2 is 1.59 bits per heavy atom. The minimum Gasteiger partial charge on any atom is -0.340 e. The summed E-state index contributed by atoms with van der Waals surface area (Å²) in [6.07, 6.45) is 1.50. The fourth-order valence-electron chi connectivity index (χ4n) is 2.45. The molecule has 3 rings (SSSR count). The summed E-state index contributed by atoms with van der Waals surface area (Å²) in [4.78, 5) is 31.8. The van der Waals surface area contributed by atoms with E-state index in [-0.39, 0.29) is 11.8 Å². The van der Waals surface area contributed by atoms with Crippen LogP contribution < -0.4 is 16.0 Å². The maximum Gasteiger partial charge on any atom is 0.255 e. The van der Waals surface area contributed by atoms with Gasteiger partial charge in [-0.2, -0.15) is 0 Å². The lowest BCUT2D eigenvalue weighted by Crippen LogP contribution is -2.13. The van der Waals surface area contributed by atoms with E-state index in [1.165, 1.54) is 13.3 Å². The number of hydrogen-bond donors (Lipinski definition) is 3. The van der Waals surface area contributed by atoms with Gasteiger partial charge in [-0.1, -0.05) is 6.07 Å². The molecule has 136 valence electrons. The number of aromatic nitrogens is 2. The molecule has 1 heterocycles. The molecule has 0 bridgehead atoms. The van der Waals surface area contributed by atoms with E-state index in [2.05, 4.69) is 25.9 Å². The van der Waals surface area contributed by atoms with E-state index in [1.807, 2.05) is 25.1 Å². The number of amides is 2. The molecule has 3 aromatic rings. The van der Waals surface area contributed by atoms with E-state index in [0.29, 0.717) is 22.8 Å². The van der Waals surface area contributed by atoms with Crippen molar-refractivity contribution in [2.45, 2.75) is 13.8 Å². The maximum absolute atomic E-state index is 12.4. The predicted molar refractivity (Wildman–Crippen MR) is 105 cm³/mol. The highest BCUT2D eigenvalue weighted by Gasteiger charge is 2.08. The molecule has 2 amide bonds. The van der Waals surface area contributed by atoms with Crippen molar-refractivity contribution in [3.05, 3.63) is 72.2 Å². The van der Waals surface area contributed by atoms with Crippen molar-refractivity contribution in [2.24, 2.45) is 0 Å². The first kappa shape index (κ1) is 18.1. The summed E-state index contributed by atoms with van der Waals surface area (Å²) in [5.74, 6) is 0.262. The van der Waals surface area contributed by atoms with Gasteiger partial charge in [0.1, 0.15) is 12.1 Å². The highest BCUT2D eigenvalue weighted by atomic mass is 16.2. The molecule has 0 aliphatic rings. The number of carbonyl (C=O) groups is 2. The van der Waals surface area contributed by atoms with Crippen LogP contribution in [0.5, 0.6) is 0 Å². The van der Waals surface area contributed by atoms with Gasteiger partial charge < -0.3 is 16.0 Å². The van der Waals surface area contributed by atoms with Gasteiger partial charge in [-0.25, -0.2) is 9.97 Å². The summed E-state index contributed by atoms with van der Waals surface area (Å²) in [6.45, 7) is 3.32. The molecule has 7 nitrogen and oxygen atoms in total. The minimum absolute atomic E-state index is 0.186. The van der Waals surface area contributed by atoms with E-state index in [1.54, 1.807) is 36.4 Å². The lowest BCUT2D eigenvalue weighted by atomic mass is 10.1. The first-order chi connectivity index (χ1) is 13.0. The zero-order valence-electron chi connectivity index (χ0n) is 15.0. The Bertz CT molecular complexity index is 970. The number of benzene rings is 2. The van der Waals surface area contributed by atoms with Gasteiger partial charge in [0.2, 0.25) is 5.91 Å². The van der Waals surface area contributed by atoms with E-state index < -0.39 is 0 Å². The maximum atomic E-state index is 12.4. The van der Waals surface area contributed by atoms with Crippen LogP contribution in [0.3, 0.4) is 0 Å². The van der Waals surface area contributed by atoms with E-state index in [0.717, 1.165) is 11.4 Å². The summed E-state index contributed by atoms with van der Waals surface area (Å²) in [5, 5.41) is 8.67. The normalized spacial score (nSPS) is 10.1. The predicted octanol–water partition coefficient (Wildman–Crippen LogP) is 3.74. The van der Waals surface area contributed by atoms with Crippen LogP contribution in [0.4, 0.5) is 22.9 Å². The highest BCUT2D eigenvalue weighted by molar-refractivity contribution is 6.05. The average Bonchev–Trinajstić information content (AvgIpc) is 2.63. The van der Waals surface area contributed by atoms with Crippen LogP contribution in [-0.2, 0) is 4.79 Å².